The van der Waals surface area contributed by atoms with Crippen LogP contribution in [0.1, 0.15) is 23.6 Å². The average molecular weight is 486 g/mol. The molecule has 0 aromatic heterocycles. The van der Waals surface area contributed by atoms with Crippen molar-refractivity contribution in [1.29, 1.82) is 0 Å². The Balaban J connectivity index is 1.47. The number of esters is 1. The van der Waals surface area contributed by atoms with Crippen molar-refractivity contribution in [2.45, 2.75) is 44.6 Å². The first-order chi connectivity index (χ1) is 17.6. The summed E-state index contributed by atoms with van der Waals surface area (Å²) in [7, 11) is 0. The van der Waals surface area contributed by atoms with Gasteiger partial charge >= 0.3 is 5.97 Å². The number of benzene rings is 3. The molecule has 0 saturated carbocycles. The van der Waals surface area contributed by atoms with Crippen LogP contribution in [0, 0.1) is 0 Å². The van der Waals surface area contributed by atoms with Crippen molar-refractivity contribution in [3.05, 3.63) is 108 Å². The number of amides is 2. The number of carbonyl (C=O) groups is 3. The fraction of sp³-hybridized carbons (Fsp3) is 0.276. The van der Waals surface area contributed by atoms with Gasteiger partial charge in [-0.3, -0.25) is 19.3 Å². The van der Waals surface area contributed by atoms with Gasteiger partial charge in [0.2, 0.25) is 11.8 Å². The summed E-state index contributed by atoms with van der Waals surface area (Å²) in [5, 5.41) is 5.84. The van der Waals surface area contributed by atoms with E-state index >= 15 is 0 Å². The molecule has 7 nitrogen and oxygen atoms in total. The van der Waals surface area contributed by atoms with Gasteiger partial charge in [-0.2, -0.15) is 0 Å². The summed E-state index contributed by atoms with van der Waals surface area (Å²) < 4.78 is 5.21. The standard InChI is InChI=1S/C29H31N3O4/c1-2-36-29(35)26-25(32(26)20-23-16-10-5-11-17-23)28(34)31-24(18-21-12-6-3-7-13-21)27(33)30-19-22-14-8-4-9-15-22/h3-17,24-26H,2,18-20H2,1H3,(H,30,33)(H,31,34)/t24-,25-,26-,32?/m0/s1. The predicted octanol–water partition coefficient (Wildman–Crippen LogP) is 2.85. The van der Waals surface area contributed by atoms with Crippen LogP contribution in [0.5, 0.6) is 0 Å². The Morgan fingerprint density at radius 3 is 1.94 bits per heavy atom. The van der Waals surface area contributed by atoms with Gasteiger partial charge < -0.3 is 15.4 Å². The van der Waals surface area contributed by atoms with Crippen molar-refractivity contribution in [1.82, 2.24) is 15.5 Å². The van der Waals surface area contributed by atoms with Gasteiger partial charge in [0.1, 0.15) is 18.1 Å². The molecule has 2 amide bonds. The van der Waals surface area contributed by atoms with Crippen molar-refractivity contribution in [3.63, 3.8) is 0 Å². The zero-order chi connectivity index (χ0) is 25.3. The molecular formula is C29H31N3O4. The number of carbonyl (C=O) groups excluding carboxylic acids is 3. The van der Waals surface area contributed by atoms with Gasteiger partial charge in [-0.1, -0.05) is 91.0 Å². The Bertz CT molecular complexity index is 1150. The largest absolute Gasteiger partial charge is 0.465 e. The maximum absolute atomic E-state index is 13.4. The van der Waals surface area contributed by atoms with E-state index in [1.54, 1.807) is 11.8 Å². The van der Waals surface area contributed by atoms with Crippen LogP contribution in [0.2, 0.25) is 0 Å². The lowest BCUT2D eigenvalue weighted by molar-refractivity contribution is -0.143. The normalized spacial score (nSPS) is 19.1. The molecule has 0 bridgehead atoms. The van der Waals surface area contributed by atoms with Crippen LogP contribution in [0.3, 0.4) is 0 Å². The molecule has 1 aliphatic heterocycles. The lowest BCUT2D eigenvalue weighted by atomic mass is 10.0. The molecule has 36 heavy (non-hydrogen) atoms. The zero-order valence-corrected chi connectivity index (χ0v) is 20.3. The summed E-state index contributed by atoms with van der Waals surface area (Å²) in [5.41, 5.74) is 2.88. The third-order valence-electron chi connectivity index (χ3n) is 6.15. The van der Waals surface area contributed by atoms with E-state index in [-0.39, 0.29) is 18.4 Å². The number of rotatable bonds is 11. The molecule has 2 N–H and O–H groups in total. The highest BCUT2D eigenvalue weighted by Crippen LogP contribution is 2.32. The Morgan fingerprint density at radius 2 is 1.36 bits per heavy atom. The molecule has 0 aliphatic carbocycles. The molecule has 1 saturated heterocycles. The van der Waals surface area contributed by atoms with E-state index in [0.717, 1.165) is 16.7 Å². The van der Waals surface area contributed by atoms with Crippen molar-refractivity contribution in [2.24, 2.45) is 0 Å². The Kier molecular flexibility index (Phi) is 8.47. The van der Waals surface area contributed by atoms with Gasteiger partial charge in [-0.15, -0.1) is 0 Å². The van der Waals surface area contributed by atoms with Crippen molar-refractivity contribution >= 4 is 17.8 Å². The van der Waals surface area contributed by atoms with E-state index in [1.165, 1.54) is 0 Å². The van der Waals surface area contributed by atoms with E-state index in [4.69, 9.17) is 4.74 Å². The van der Waals surface area contributed by atoms with Crippen LogP contribution in [0.4, 0.5) is 0 Å². The molecule has 0 spiro atoms. The average Bonchev–Trinajstić information content (AvgIpc) is 3.62. The highest BCUT2D eigenvalue weighted by molar-refractivity contribution is 5.97. The van der Waals surface area contributed by atoms with Gasteiger partial charge in [-0.05, 0) is 23.6 Å². The second kappa shape index (κ2) is 12.1. The van der Waals surface area contributed by atoms with Crippen LogP contribution in [0.15, 0.2) is 91.0 Å². The predicted molar refractivity (Wildman–Crippen MR) is 137 cm³/mol. The molecule has 0 radical (unpaired) electrons. The van der Waals surface area contributed by atoms with Crippen LogP contribution in [-0.4, -0.2) is 47.4 Å². The third kappa shape index (κ3) is 6.58. The highest BCUT2D eigenvalue weighted by Gasteiger charge is 2.58. The second-order valence-electron chi connectivity index (χ2n) is 8.75. The smallest absolute Gasteiger partial charge is 0.325 e. The fourth-order valence-electron chi connectivity index (χ4n) is 4.28. The molecule has 1 aliphatic rings. The van der Waals surface area contributed by atoms with Crippen molar-refractivity contribution in [2.75, 3.05) is 6.61 Å². The first-order valence-corrected chi connectivity index (χ1v) is 12.2. The summed E-state index contributed by atoms with van der Waals surface area (Å²) in [4.78, 5) is 40.9. The van der Waals surface area contributed by atoms with Crippen LogP contribution >= 0.6 is 0 Å². The number of ether oxygens (including phenoxy) is 1. The number of nitrogens with one attached hydrogen (secondary N) is 2. The lowest BCUT2D eigenvalue weighted by Crippen LogP contribution is -2.49. The molecule has 7 heteroatoms. The van der Waals surface area contributed by atoms with E-state index in [1.807, 2.05) is 91.0 Å². The first kappa shape index (κ1) is 25.1. The third-order valence-corrected chi connectivity index (χ3v) is 6.15. The Morgan fingerprint density at radius 1 is 0.806 bits per heavy atom. The number of nitrogens with zero attached hydrogens (tertiary/aromatic N) is 1. The SMILES string of the molecule is CCOC(=O)[C@@H]1[C@@H](C(=O)N[C@@H](Cc2ccccc2)C(=O)NCc2ccccc2)N1Cc1ccccc1. The van der Waals surface area contributed by atoms with Crippen LogP contribution in [-0.2, 0) is 38.6 Å². The summed E-state index contributed by atoms with van der Waals surface area (Å²) in [6.07, 6.45) is 0.336. The van der Waals surface area contributed by atoms with Crippen LogP contribution < -0.4 is 10.6 Å². The zero-order valence-electron chi connectivity index (χ0n) is 20.3. The summed E-state index contributed by atoms with van der Waals surface area (Å²) in [5.74, 6) is -1.07. The maximum Gasteiger partial charge on any atom is 0.325 e. The molecule has 1 fully saturated rings. The topological polar surface area (TPSA) is 87.5 Å². The first-order valence-electron chi connectivity index (χ1n) is 12.2. The molecule has 4 rings (SSSR count). The molecule has 1 unspecified atom stereocenters. The Hall–Kier alpha value is -3.97. The molecule has 3 aromatic carbocycles. The lowest BCUT2D eigenvalue weighted by Gasteiger charge is -2.19. The number of hydrogen-bond acceptors (Lipinski definition) is 5. The van der Waals surface area contributed by atoms with E-state index in [0.29, 0.717) is 19.5 Å². The maximum atomic E-state index is 13.4. The molecule has 186 valence electrons. The van der Waals surface area contributed by atoms with Gasteiger partial charge in [0.25, 0.3) is 0 Å². The minimum absolute atomic E-state index is 0.237. The van der Waals surface area contributed by atoms with E-state index in [2.05, 4.69) is 10.6 Å². The molecule has 1 heterocycles. The van der Waals surface area contributed by atoms with Gasteiger partial charge in [0.15, 0.2) is 0 Å². The summed E-state index contributed by atoms with van der Waals surface area (Å²) in [6, 6.07) is 26.6. The number of hydrogen-bond donors (Lipinski definition) is 2. The van der Waals surface area contributed by atoms with Crippen molar-refractivity contribution in [3.8, 4) is 0 Å². The van der Waals surface area contributed by atoms with Gasteiger partial charge in [-0.25, -0.2) is 0 Å². The molecular weight excluding hydrogens is 454 g/mol. The minimum atomic E-state index is -0.786. The van der Waals surface area contributed by atoms with Crippen LogP contribution in [0.25, 0.3) is 0 Å². The van der Waals surface area contributed by atoms with E-state index in [9.17, 15) is 14.4 Å². The summed E-state index contributed by atoms with van der Waals surface area (Å²) >= 11 is 0. The quantitative estimate of drug-likeness (QED) is 0.322. The molecule has 3 aromatic rings. The van der Waals surface area contributed by atoms with Crippen molar-refractivity contribution < 1.29 is 19.1 Å². The Labute approximate surface area is 211 Å². The summed E-state index contributed by atoms with van der Waals surface area (Å²) in [6.45, 7) is 2.77. The minimum Gasteiger partial charge on any atom is -0.465 e. The fourth-order valence-corrected chi connectivity index (χ4v) is 4.28. The van der Waals surface area contributed by atoms with E-state index < -0.39 is 24.1 Å². The van der Waals surface area contributed by atoms with Gasteiger partial charge in [0, 0.05) is 19.5 Å². The molecule has 4 atom stereocenters. The highest BCUT2D eigenvalue weighted by atomic mass is 16.5. The van der Waals surface area contributed by atoms with Gasteiger partial charge in [0.05, 0.1) is 6.61 Å². The monoisotopic (exact) mass is 485 g/mol. The second-order valence-corrected chi connectivity index (χ2v) is 8.75.